The van der Waals surface area contributed by atoms with Gasteiger partial charge in [-0.05, 0) is 43.5 Å². The first-order chi connectivity index (χ1) is 14.7. The highest BCUT2D eigenvalue weighted by Crippen LogP contribution is 2.35. The van der Waals surface area contributed by atoms with Crippen molar-refractivity contribution in [3.8, 4) is 23.2 Å². The van der Waals surface area contributed by atoms with Gasteiger partial charge in [0.25, 0.3) is 0 Å². The Kier molecular flexibility index (Phi) is 6.13. The summed E-state index contributed by atoms with van der Waals surface area (Å²) in [6.45, 7) is 4.09. The van der Waals surface area contributed by atoms with Gasteiger partial charge in [-0.3, -0.25) is 0 Å². The first-order valence-corrected chi connectivity index (χ1v) is 10.2. The summed E-state index contributed by atoms with van der Waals surface area (Å²) < 4.78 is 12.6. The van der Waals surface area contributed by atoms with Gasteiger partial charge in [0, 0.05) is 16.7 Å². The summed E-state index contributed by atoms with van der Waals surface area (Å²) in [4.78, 5) is 0. The van der Waals surface area contributed by atoms with E-state index in [1.54, 1.807) is 0 Å². The number of hydrogen-bond acceptors (Lipinski definition) is 2. The molecule has 4 aromatic rings. The van der Waals surface area contributed by atoms with Gasteiger partial charge in [0.05, 0.1) is 6.10 Å². The summed E-state index contributed by atoms with van der Waals surface area (Å²) in [6, 6.07) is 32.3. The molecule has 0 aliphatic heterocycles. The Morgan fingerprint density at radius 1 is 0.733 bits per heavy atom. The molecule has 4 rings (SSSR count). The van der Waals surface area contributed by atoms with Crippen LogP contribution in [0, 0.1) is 11.8 Å². The third-order valence-electron chi connectivity index (χ3n) is 4.71. The third-order valence-corrected chi connectivity index (χ3v) is 4.71. The van der Waals surface area contributed by atoms with E-state index >= 15 is 0 Å². The summed E-state index contributed by atoms with van der Waals surface area (Å²) in [7, 11) is 0. The summed E-state index contributed by atoms with van der Waals surface area (Å²) in [6.07, 6.45) is -0.201. The fourth-order valence-electron chi connectivity index (χ4n) is 3.32. The molecular weight excluding hydrogens is 368 g/mol. The summed E-state index contributed by atoms with van der Waals surface area (Å²) in [5.41, 5.74) is 3.98. The zero-order valence-electron chi connectivity index (χ0n) is 17.2. The molecule has 0 spiro atoms. The summed E-state index contributed by atoms with van der Waals surface area (Å²) >= 11 is 0. The zero-order valence-corrected chi connectivity index (χ0v) is 17.2. The van der Waals surface area contributed by atoms with Crippen LogP contribution in [0.3, 0.4) is 0 Å². The third kappa shape index (κ3) is 4.71. The van der Waals surface area contributed by atoms with Gasteiger partial charge in [0.15, 0.2) is 5.76 Å². The van der Waals surface area contributed by atoms with Gasteiger partial charge in [0.1, 0.15) is 11.9 Å². The van der Waals surface area contributed by atoms with Gasteiger partial charge in [0.2, 0.25) is 0 Å². The Hall–Kier alpha value is -3.54. The maximum absolute atomic E-state index is 6.34. The Morgan fingerprint density at radius 3 is 1.97 bits per heavy atom. The quantitative estimate of drug-likeness (QED) is 0.346. The molecule has 0 N–H and O–H groups in total. The van der Waals surface area contributed by atoms with Crippen molar-refractivity contribution in [1.82, 2.24) is 0 Å². The molecule has 0 saturated heterocycles. The number of hydrogen-bond donors (Lipinski definition) is 0. The molecule has 0 aliphatic carbocycles. The monoisotopic (exact) mass is 392 g/mol. The summed E-state index contributed by atoms with van der Waals surface area (Å²) in [5, 5.41) is 0. The molecular formula is C28H24O2. The summed E-state index contributed by atoms with van der Waals surface area (Å²) in [5.74, 6) is 7.89. The minimum Gasteiger partial charge on any atom is -0.447 e. The van der Waals surface area contributed by atoms with Crippen LogP contribution < -0.4 is 0 Å². The van der Waals surface area contributed by atoms with Crippen LogP contribution in [0.1, 0.15) is 42.4 Å². The van der Waals surface area contributed by atoms with Crippen molar-refractivity contribution in [2.45, 2.75) is 26.1 Å². The smallest absolute Gasteiger partial charge is 0.184 e. The molecule has 0 amide bonds. The van der Waals surface area contributed by atoms with Gasteiger partial charge in [-0.2, -0.15) is 0 Å². The van der Waals surface area contributed by atoms with Crippen LogP contribution in [0.4, 0.5) is 0 Å². The predicted molar refractivity (Wildman–Crippen MR) is 121 cm³/mol. The molecule has 0 radical (unpaired) electrons. The molecule has 0 aliphatic rings. The van der Waals surface area contributed by atoms with E-state index in [1.807, 2.05) is 92.7 Å². The first-order valence-electron chi connectivity index (χ1n) is 10.2. The average Bonchev–Trinajstić information content (AvgIpc) is 3.22. The fourth-order valence-corrected chi connectivity index (χ4v) is 3.32. The number of rotatable bonds is 5. The number of furan rings is 1. The molecule has 2 nitrogen and oxygen atoms in total. The van der Waals surface area contributed by atoms with Crippen molar-refractivity contribution >= 4 is 0 Å². The molecule has 0 fully saturated rings. The van der Waals surface area contributed by atoms with Crippen molar-refractivity contribution in [2.24, 2.45) is 0 Å². The van der Waals surface area contributed by atoms with Crippen LogP contribution in [0.2, 0.25) is 0 Å². The molecule has 30 heavy (non-hydrogen) atoms. The molecule has 1 aromatic heterocycles. The van der Waals surface area contributed by atoms with E-state index in [1.165, 1.54) is 0 Å². The highest BCUT2D eigenvalue weighted by atomic mass is 16.5. The Bertz CT molecular complexity index is 1130. The highest BCUT2D eigenvalue weighted by Gasteiger charge is 2.23. The van der Waals surface area contributed by atoms with Gasteiger partial charge in [-0.1, -0.05) is 84.8 Å². The largest absolute Gasteiger partial charge is 0.447 e. The maximum atomic E-state index is 6.34. The zero-order chi connectivity index (χ0) is 20.8. The molecule has 0 bridgehead atoms. The van der Waals surface area contributed by atoms with Gasteiger partial charge in [-0.15, -0.1) is 0 Å². The first kappa shape index (κ1) is 19.8. The molecule has 3 aromatic carbocycles. The lowest BCUT2D eigenvalue weighted by molar-refractivity contribution is 0.0299. The van der Waals surface area contributed by atoms with Crippen LogP contribution in [-0.4, -0.2) is 6.10 Å². The normalized spacial score (nSPS) is 11.7. The molecule has 148 valence electrons. The van der Waals surface area contributed by atoms with Crippen LogP contribution >= 0.6 is 0 Å². The van der Waals surface area contributed by atoms with Crippen LogP contribution in [0.15, 0.2) is 101 Å². The van der Waals surface area contributed by atoms with Crippen molar-refractivity contribution in [2.75, 3.05) is 0 Å². The molecule has 0 saturated carbocycles. The lowest BCUT2D eigenvalue weighted by atomic mass is 10.0. The van der Waals surface area contributed by atoms with E-state index in [0.29, 0.717) is 5.76 Å². The van der Waals surface area contributed by atoms with E-state index in [4.69, 9.17) is 9.15 Å². The lowest BCUT2D eigenvalue weighted by Crippen LogP contribution is -2.12. The van der Waals surface area contributed by atoms with Gasteiger partial charge in [-0.25, -0.2) is 0 Å². The van der Waals surface area contributed by atoms with Crippen LogP contribution in [0.5, 0.6) is 0 Å². The minimum absolute atomic E-state index is 0.0558. The van der Waals surface area contributed by atoms with Crippen molar-refractivity contribution in [1.29, 1.82) is 0 Å². The Morgan fingerprint density at radius 2 is 1.33 bits per heavy atom. The average molecular weight is 392 g/mol. The van der Waals surface area contributed by atoms with Crippen LogP contribution in [-0.2, 0) is 4.74 Å². The number of ether oxygens (including phenoxy) is 1. The Balaban J connectivity index is 1.83. The van der Waals surface area contributed by atoms with Gasteiger partial charge < -0.3 is 9.15 Å². The molecule has 1 atom stereocenters. The molecule has 1 heterocycles. The fraction of sp³-hybridized carbons (Fsp3) is 0.143. The van der Waals surface area contributed by atoms with E-state index in [0.717, 1.165) is 28.0 Å². The lowest BCUT2D eigenvalue weighted by Gasteiger charge is -2.20. The molecule has 2 heteroatoms. The maximum Gasteiger partial charge on any atom is 0.184 e. The second kappa shape index (κ2) is 9.31. The van der Waals surface area contributed by atoms with E-state index in [2.05, 4.69) is 30.0 Å². The SMILES string of the molecule is CC(C)OC(c1ccccc1)c1cc(-c2ccccc2)oc1C#Cc1ccccc1. The topological polar surface area (TPSA) is 22.4 Å². The van der Waals surface area contributed by atoms with Crippen molar-refractivity contribution < 1.29 is 9.15 Å². The van der Waals surface area contributed by atoms with E-state index in [-0.39, 0.29) is 12.2 Å². The van der Waals surface area contributed by atoms with Crippen molar-refractivity contribution in [3.63, 3.8) is 0 Å². The Labute approximate surface area is 178 Å². The molecule has 1 unspecified atom stereocenters. The minimum atomic E-state index is -0.257. The van der Waals surface area contributed by atoms with Crippen LogP contribution in [0.25, 0.3) is 11.3 Å². The predicted octanol–water partition coefficient (Wildman–Crippen LogP) is 6.86. The highest BCUT2D eigenvalue weighted by molar-refractivity contribution is 5.61. The van der Waals surface area contributed by atoms with Crippen molar-refractivity contribution in [3.05, 3.63) is 120 Å². The second-order valence-corrected chi connectivity index (χ2v) is 7.35. The standard InChI is InChI=1S/C28H24O2/c1-21(2)29-28(24-16-10-5-11-17-24)25-20-27(23-14-8-4-9-15-23)30-26(25)19-18-22-12-6-3-7-13-22/h3-17,20-21,28H,1-2H3. The number of benzene rings is 3. The van der Waals surface area contributed by atoms with E-state index < -0.39 is 0 Å². The van der Waals surface area contributed by atoms with Gasteiger partial charge >= 0.3 is 0 Å². The van der Waals surface area contributed by atoms with E-state index in [9.17, 15) is 0 Å². The second-order valence-electron chi connectivity index (χ2n) is 7.35.